The van der Waals surface area contributed by atoms with E-state index in [0.717, 1.165) is 4.90 Å². The molecule has 0 spiro atoms. The van der Waals surface area contributed by atoms with Crippen molar-refractivity contribution in [2.24, 2.45) is 0 Å². The number of anilines is 1. The second-order valence-corrected chi connectivity index (χ2v) is 8.53. The van der Waals surface area contributed by atoms with Gasteiger partial charge in [0.25, 0.3) is 23.5 Å². The molecule has 2 saturated heterocycles. The average molecular weight is 473 g/mol. The Labute approximate surface area is 200 Å². The summed E-state index contributed by atoms with van der Waals surface area (Å²) in [4.78, 5) is 70.6. The van der Waals surface area contributed by atoms with E-state index in [1.807, 2.05) is 6.07 Å². The SMILES string of the molecule is CC1NC(=O)N(c2cccc3c(C(=O)C(=O)N4CCN(C(=O)c5ccccc5)CC4)c[nH]c23)C1=O. The molecule has 3 aromatic rings. The van der Waals surface area contributed by atoms with Crippen LogP contribution in [0.1, 0.15) is 27.6 Å². The van der Waals surface area contributed by atoms with Gasteiger partial charge in [0.2, 0.25) is 0 Å². The van der Waals surface area contributed by atoms with Gasteiger partial charge in [-0.25, -0.2) is 9.69 Å². The van der Waals surface area contributed by atoms with Crippen molar-refractivity contribution >= 4 is 46.1 Å². The van der Waals surface area contributed by atoms with Gasteiger partial charge < -0.3 is 20.1 Å². The normalized spacial score (nSPS) is 18.2. The lowest BCUT2D eigenvalue weighted by molar-refractivity contribution is -0.127. The van der Waals surface area contributed by atoms with Gasteiger partial charge in [0.1, 0.15) is 6.04 Å². The number of nitrogens with zero attached hydrogens (tertiary/aromatic N) is 3. The lowest BCUT2D eigenvalue weighted by Gasteiger charge is -2.34. The second-order valence-electron chi connectivity index (χ2n) is 8.53. The molecular weight excluding hydrogens is 450 g/mol. The fourth-order valence-corrected chi connectivity index (χ4v) is 4.48. The lowest BCUT2D eigenvalue weighted by Crippen LogP contribution is -2.52. The number of carbonyl (C=O) groups is 5. The summed E-state index contributed by atoms with van der Waals surface area (Å²) >= 11 is 0. The molecule has 2 aliphatic rings. The highest BCUT2D eigenvalue weighted by molar-refractivity contribution is 6.45. The Morgan fingerprint density at radius 2 is 1.57 bits per heavy atom. The highest BCUT2D eigenvalue weighted by atomic mass is 16.2. The number of aromatic amines is 1. The van der Waals surface area contributed by atoms with Gasteiger partial charge in [-0.05, 0) is 25.1 Å². The van der Waals surface area contributed by atoms with E-state index in [1.54, 1.807) is 54.3 Å². The number of hydrogen-bond acceptors (Lipinski definition) is 5. The topological polar surface area (TPSA) is 123 Å². The Balaban J connectivity index is 1.32. The van der Waals surface area contributed by atoms with Crippen LogP contribution in [0.25, 0.3) is 10.9 Å². The largest absolute Gasteiger partial charge is 0.359 e. The minimum atomic E-state index is -0.693. The minimum absolute atomic E-state index is 0.108. The summed E-state index contributed by atoms with van der Waals surface area (Å²) in [6.45, 7) is 2.74. The smallest absolute Gasteiger partial charge is 0.329 e. The van der Waals surface area contributed by atoms with Crippen molar-refractivity contribution in [3.05, 3.63) is 65.9 Å². The van der Waals surface area contributed by atoms with Crippen molar-refractivity contribution in [2.45, 2.75) is 13.0 Å². The van der Waals surface area contributed by atoms with E-state index >= 15 is 0 Å². The molecule has 10 nitrogen and oxygen atoms in total. The van der Waals surface area contributed by atoms with Crippen molar-refractivity contribution in [2.75, 3.05) is 31.1 Å². The Morgan fingerprint density at radius 3 is 2.23 bits per heavy atom. The van der Waals surface area contributed by atoms with Gasteiger partial charge in [-0.3, -0.25) is 19.2 Å². The summed E-state index contributed by atoms with van der Waals surface area (Å²) in [5.74, 6) is -1.86. The monoisotopic (exact) mass is 473 g/mol. The summed E-state index contributed by atoms with van der Waals surface area (Å²) in [6, 6.07) is 12.6. The maximum atomic E-state index is 13.1. The van der Waals surface area contributed by atoms with E-state index in [0.29, 0.717) is 35.2 Å². The van der Waals surface area contributed by atoms with Crippen LogP contribution in [0.4, 0.5) is 10.5 Å². The molecule has 178 valence electrons. The summed E-state index contributed by atoms with van der Waals surface area (Å²) in [7, 11) is 0. The molecule has 0 bridgehead atoms. The summed E-state index contributed by atoms with van der Waals surface area (Å²) in [5.41, 5.74) is 1.47. The number of aromatic nitrogens is 1. The van der Waals surface area contributed by atoms with Crippen LogP contribution in [0.15, 0.2) is 54.7 Å². The fraction of sp³-hybridized carbons (Fsp3) is 0.240. The quantitative estimate of drug-likeness (QED) is 0.340. The first-order valence-corrected chi connectivity index (χ1v) is 11.3. The maximum absolute atomic E-state index is 13.1. The molecule has 3 heterocycles. The van der Waals surface area contributed by atoms with E-state index < -0.39 is 29.7 Å². The minimum Gasteiger partial charge on any atom is -0.359 e. The standard InChI is InChI=1S/C25H23N5O5/c1-15-22(32)30(25(35)27-15)19-9-5-8-17-18(14-26-20(17)19)21(31)24(34)29-12-10-28(11-13-29)23(33)16-6-3-2-4-7-16/h2-9,14-15,26H,10-13H2,1H3,(H,27,35). The Bertz CT molecular complexity index is 1360. The van der Waals surface area contributed by atoms with Crippen LogP contribution >= 0.6 is 0 Å². The van der Waals surface area contributed by atoms with Crippen molar-refractivity contribution in [1.29, 1.82) is 0 Å². The van der Waals surface area contributed by atoms with E-state index in [4.69, 9.17) is 0 Å². The van der Waals surface area contributed by atoms with Gasteiger partial charge in [0.05, 0.1) is 16.8 Å². The number of Topliss-reactive ketones (excluding diaryl/α,β-unsaturated/α-hetero) is 1. The highest BCUT2D eigenvalue weighted by Gasteiger charge is 2.38. The van der Waals surface area contributed by atoms with Crippen LogP contribution in [0.3, 0.4) is 0 Å². The van der Waals surface area contributed by atoms with E-state index in [1.165, 1.54) is 11.1 Å². The first kappa shape index (κ1) is 22.3. The molecular formula is C25H23N5O5. The van der Waals surface area contributed by atoms with Gasteiger partial charge in [-0.1, -0.05) is 30.3 Å². The second kappa shape index (κ2) is 8.71. The van der Waals surface area contributed by atoms with Crippen molar-refractivity contribution in [1.82, 2.24) is 20.1 Å². The summed E-state index contributed by atoms with van der Waals surface area (Å²) < 4.78 is 0. The number of H-pyrrole nitrogens is 1. The zero-order valence-corrected chi connectivity index (χ0v) is 19.0. The number of carbonyl (C=O) groups excluding carboxylic acids is 5. The number of nitrogens with one attached hydrogen (secondary N) is 2. The number of fused-ring (bicyclic) bond motifs is 1. The number of imide groups is 1. The zero-order valence-electron chi connectivity index (χ0n) is 19.0. The maximum Gasteiger partial charge on any atom is 0.329 e. The summed E-state index contributed by atoms with van der Waals surface area (Å²) in [6.07, 6.45) is 1.42. The molecule has 2 fully saturated rings. The molecule has 0 aliphatic carbocycles. The van der Waals surface area contributed by atoms with Gasteiger partial charge in [0.15, 0.2) is 0 Å². The molecule has 0 radical (unpaired) electrons. The number of benzene rings is 2. The first-order valence-electron chi connectivity index (χ1n) is 11.3. The predicted molar refractivity (Wildman–Crippen MR) is 127 cm³/mol. The van der Waals surface area contributed by atoms with Crippen molar-refractivity contribution < 1.29 is 24.0 Å². The zero-order chi connectivity index (χ0) is 24.7. The molecule has 2 aromatic carbocycles. The molecule has 1 unspecified atom stereocenters. The molecule has 5 rings (SSSR count). The van der Waals surface area contributed by atoms with Gasteiger partial charge >= 0.3 is 6.03 Å². The number of piperazine rings is 1. The first-order chi connectivity index (χ1) is 16.9. The lowest BCUT2D eigenvalue weighted by atomic mass is 10.1. The Hall–Kier alpha value is -4.47. The average Bonchev–Trinajstić information content (AvgIpc) is 3.43. The molecule has 5 amide bonds. The summed E-state index contributed by atoms with van der Waals surface area (Å²) in [5, 5.41) is 3.00. The molecule has 0 saturated carbocycles. The number of para-hydroxylation sites is 1. The molecule has 2 N–H and O–H groups in total. The number of hydrogen-bond donors (Lipinski definition) is 2. The van der Waals surface area contributed by atoms with E-state index in [9.17, 15) is 24.0 Å². The van der Waals surface area contributed by atoms with Gasteiger partial charge in [0, 0.05) is 43.3 Å². The van der Waals surface area contributed by atoms with Crippen molar-refractivity contribution in [3.8, 4) is 0 Å². The van der Waals surface area contributed by atoms with Crippen molar-refractivity contribution in [3.63, 3.8) is 0 Å². The van der Waals surface area contributed by atoms with Crippen LogP contribution in [-0.4, -0.2) is 76.5 Å². The predicted octanol–water partition coefficient (Wildman–Crippen LogP) is 1.78. The van der Waals surface area contributed by atoms with Crippen LogP contribution < -0.4 is 10.2 Å². The van der Waals surface area contributed by atoms with Crippen LogP contribution in [0, 0.1) is 0 Å². The Morgan fingerprint density at radius 1 is 0.886 bits per heavy atom. The van der Waals surface area contributed by atoms with Crippen LogP contribution in [0.2, 0.25) is 0 Å². The van der Waals surface area contributed by atoms with Gasteiger partial charge in [-0.15, -0.1) is 0 Å². The third-order valence-electron chi connectivity index (χ3n) is 6.38. The van der Waals surface area contributed by atoms with Crippen LogP contribution in [-0.2, 0) is 9.59 Å². The fourth-order valence-electron chi connectivity index (χ4n) is 4.48. The highest BCUT2D eigenvalue weighted by Crippen LogP contribution is 2.31. The third-order valence-corrected chi connectivity index (χ3v) is 6.38. The number of ketones is 1. The molecule has 35 heavy (non-hydrogen) atoms. The molecule has 1 aromatic heterocycles. The number of rotatable bonds is 4. The van der Waals surface area contributed by atoms with Crippen LogP contribution in [0.5, 0.6) is 0 Å². The number of amides is 5. The van der Waals surface area contributed by atoms with Gasteiger partial charge in [-0.2, -0.15) is 0 Å². The Kier molecular flexibility index (Phi) is 5.56. The van der Waals surface area contributed by atoms with E-state index in [2.05, 4.69) is 10.3 Å². The molecule has 2 aliphatic heterocycles. The van der Waals surface area contributed by atoms with E-state index in [-0.39, 0.29) is 24.6 Å². The number of urea groups is 1. The molecule has 1 atom stereocenters. The molecule has 10 heteroatoms. The third kappa shape index (κ3) is 3.82.